The molecule has 0 radical (unpaired) electrons. The first-order chi connectivity index (χ1) is 11.7. The molecule has 24 heavy (non-hydrogen) atoms. The highest BCUT2D eigenvalue weighted by molar-refractivity contribution is 4.91. The van der Waals surface area contributed by atoms with Crippen LogP contribution in [0.4, 0.5) is 0 Å². The van der Waals surface area contributed by atoms with Gasteiger partial charge in [0.1, 0.15) is 11.6 Å². The zero-order valence-corrected chi connectivity index (χ0v) is 15.0. The van der Waals surface area contributed by atoms with Crippen LogP contribution in [0.1, 0.15) is 56.5 Å². The maximum absolute atomic E-state index is 4.53. The second kappa shape index (κ2) is 7.83. The van der Waals surface area contributed by atoms with E-state index in [9.17, 15) is 0 Å². The molecule has 3 heterocycles. The van der Waals surface area contributed by atoms with Crippen molar-refractivity contribution in [2.75, 3.05) is 6.54 Å². The van der Waals surface area contributed by atoms with Crippen molar-refractivity contribution in [3.63, 3.8) is 0 Å². The predicted molar refractivity (Wildman–Crippen MR) is 90.3 cm³/mol. The van der Waals surface area contributed by atoms with Gasteiger partial charge in [-0.15, -0.1) is 5.10 Å². The smallest absolute Gasteiger partial charge is 0.165 e. The summed E-state index contributed by atoms with van der Waals surface area (Å²) < 4.78 is 4.00. The van der Waals surface area contributed by atoms with Crippen LogP contribution >= 0.6 is 0 Å². The Kier molecular flexibility index (Phi) is 5.55. The van der Waals surface area contributed by atoms with Gasteiger partial charge in [-0.2, -0.15) is 5.10 Å². The van der Waals surface area contributed by atoms with E-state index in [1.54, 1.807) is 0 Å². The van der Waals surface area contributed by atoms with E-state index in [1.807, 2.05) is 23.2 Å². The second-order valence-corrected chi connectivity index (χ2v) is 6.68. The van der Waals surface area contributed by atoms with E-state index in [0.29, 0.717) is 6.04 Å². The van der Waals surface area contributed by atoms with Gasteiger partial charge >= 0.3 is 0 Å². The SMILES string of the molecule is CCCCn1nnnc1CN1CCCC[C@H]1Cn1nc(C)nc1C. The average Bonchev–Trinajstić information content (AvgIpc) is 3.13. The minimum atomic E-state index is 0.467. The first kappa shape index (κ1) is 17.0. The molecule has 0 aromatic carbocycles. The summed E-state index contributed by atoms with van der Waals surface area (Å²) in [5, 5.41) is 16.8. The van der Waals surface area contributed by atoms with Gasteiger partial charge in [0.2, 0.25) is 0 Å². The van der Waals surface area contributed by atoms with E-state index < -0.39 is 0 Å². The van der Waals surface area contributed by atoms with Gasteiger partial charge in [-0.3, -0.25) is 4.90 Å². The average molecular weight is 332 g/mol. The topological polar surface area (TPSA) is 77.5 Å². The molecule has 3 rings (SSSR count). The molecule has 8 nitrogen and oxygen atoms in total. The van der Waals surface area contributed by atoms with E-state index in [1.165, 1.54) is 19.3 Å². The van der Waals surface area contributed by atoms with Crippen molar-refractivity contribution < 1.29 is 0 Å². The van der Waals surface area contributed by atoms with Gasteiger partial charge in [0.25, 0.3) is 0 Å². The van der Waals surface area contributed by atoms with E-state index in [0.717, 1.165) is 56.5 Å². The van der Waals surface area contributed by atoms with Crippen LogP contribution < -0.4 is 0 Å². The molecule has 1 aliphatic rings. The number of aromatic nitrogens is 7. The zero-order chi connectivity index (χ0) is 16.9. The Hall–Kier alpha value is -1.83. The quantitative estimate of drug-likeness (QED) is 0.768. The first-order valence-corrected chi connectivity index (χ1v) is 9.04. The second-order valence-electron chi connectivity index (χ2n) is 6.68. The highest BCUT2D eigenvalue weighted by atomic mass is 15.5. The molecule has 2 aromatic rings. The van der Waals surface area contributed by atoms with Gasteiger partial charge < -0.3 is 0 Å². The molecule has 132 valence electrons. The van der Waals surface area contributed by atoms with Crippen LogP contribution in [0.2, 0.25) is 0 Å². The molecule has 0 N–H and O–H groups in total. The molecule has 1 atom stereocenters. The Morgan fingerprint density at radius 2 is 2.04 bits per heavy atom. The van der Waals surface area contributed by atoms with Crippen molar-refractivity contribution in [3.05, 3.63) is 17.5 Å². The Balaban J connectivity index is 1.68. The zero-order valence-electron chi connectivity index (χ0n) is 15.0. The summed E-state index contributed by atoms with van der Waals surface area (Å²) in [6.45, 7) is 9.86. The van der Waals surface area contributed by atoms with E-state index >= 15 is 0 Å². The first-order valence-electron chi connectivity index (χ1n) is 9.04. The summed E-state index contributed by atoms with van der Waals surface area (Å²) in [4.78, 5) is 6.93. The number of aryl methyl sites for hydroxylation is 3. The molecule has 0 amide bonds. The third-order valence-corrected chi connectivity index (χ3v) is 4.77. The molecule has 2 aromatic heterocycles. The Morgan fingerprint density at radius 3 is 2.79 bits per heavy atom. The lowest BCUT2D eigenvalue weighted by Gasteiger charge is -2.35. The van der Waals surface area contributed by atoms with Crippen molar-refractivity contribution >= 4 is 0 Å². The molecule has 0 aliphatic carbocycles. The number of hydrogen-bond acceptors (Lipinski definition) is 6. The Labute approximate surface area is 143 Å². The van der Waals surface area contributed by atoms with Crippen LogP contribution in [-0.2, 0) is 19.6 Å². The van der Waals surface area contributed by atoms with Gasteiger partial charge in [0.05, 0.1) is 13.1 Å². The lowest BCUT2D eigenvalue weighted by molar-refractivity contribution is 0.116. The number of unbranched alkanes of at least 4 members (excludes halogenated alkanes) is 1. The van der Waals surface area contributed by atoms with Gasteiger partial charge in [-0.1, -0.05) is 19.8 Å². The lowest BCUT2D eigenvalue weighted by atomic mass is 10.0. The molecular formula is C16H28N8. The molecule has 1 saturated heterocycles. The molecule has 1 fully saturated rings. The maximum Gasteiger partial charge on any atom is 0.165 e. The highest BCUT2D eigenvalue weighted by Gasteiger charge is 2.25. The summed E-state index contributed by atoms with van der Waals surface area (Å²) in [5.41, 5.74) is 0. The predicted octanol–water partition coefficient (Wildman–Crippen LogP) is 1.74. The summed E-state index contributed by atoms with van der Waals surface area (Å²) in [6, 6.07) is 0.467. The number of nitrogens with zero attached hydrogens (tertiary/aromatic N) is 8. The van der Waals surface area contributed by atoms with Crippen molar-refractivity contribution in [1.29, 1.82) is 0 Å². The van der Waals surface area contributed by atoms with E-state index in [4.69, 9.17) is 0 Å². The molecule has 0 unspecified atom stereocenters. The third kappa shape index (κ3) is 3.98. The fourth-order valence-electron chi connectivity index (χ4n) is 3.41. The molecule has 0 spiro atoms. The normalized spacial score (nSPS) is 19.0. The minimum Gasteiger partial charge on any atom is -0.291 e. The highest BCUT2D eigenvalue weighted by Crippen LogP contribution is 2.20. The fourth-order valence-corrected chi connectivity index (χ4v) is 3.41. The summed E-state index contributed by atoms with van der Waals surface area (Å²) in [5.74, 6) is 2.81. The third-order valence-electron chi connectivity index (χ3n) is 4.77. The largest absolute Gasteiger partial charge is 0.291 e. The van der Waals surface area contributed by atoms with Gasteiger partial charge in [-0.25, -0.2) is 14.3 Å². The van der Waals surface area contributed by atoms with Crippen LogP contribution in [0, 0.1) is 13.8 Å². The van der Waals surface area contributed by atoms with Crippen LogP contribution in [0.25, 0.3) is 0 Å². The van der Waals surface area contributed by atoms with Crippen molar-refractivity contribution in [1.82, 2.24) is 39.9 Å². The summed E-state index contributed by atoms with van der Waals surface area (Å²) >= 11 is 0. The summed E-state index contributed by atoms with van der Waals surface area (Å²) in [6.07, 6.45) is 5.96. The van der Waals surface area contributed by atoms with Crippen molar-refractivity contribution in [2.45, 2.75) is 78.6 Å². The van der Waals surface area contributed by atoms with Crippen LogP contribution in [0.15, 0.2) is 0 Å². The summed E-state index contributed by atoms with van der Waals surface area (Å²) in [7, 11) is 0. The van der Waals surface area contributed by atoms with Crippen molar-refractivity contribution in [2.24, 2.45) is 0 Å². The number of rotatable bonds is 7. The monoisotopic (exact) mass is 332 g/mol. The standard InChI is InChI=1S/C16H28N8/c1-4-5-10-23-16(18-20-21-23)12-22-9-7-6-8-15(22)11-24-14(3)17-13(2)19-24/h15H,4-12H2,1-3H3/t15-/m0/s1. The minimum absolute atomic E-state index is 0.467. The Bertz CT molecular complexity index is 646. The molecular weight excluding hydrogens is 304 g/mol. The fraction of sp³-hybridized carbons (Fsp3) is 0.812. The van der Waals surface area contributed by atoms with E-state index in [2.05, 4.69) is 37.4 Å². The number of likely N-dealkylation sites (tertiary alicyclic amines) is 1. The lowest BCUT2D eigenvalue weighted by Crippen LogP contribution is -2.42. The number of hydrogen-bond donors (Lipinski definition) is 0. The molecule has 8 heteroatoms. The van der Waals surface area contributed by atoms with Gasteiger partial charge in [0, 0.05) is 12.6 Å². The van der Waals surface area contributed by atoms with Crippen molar-refractivity contribution in [3.8, 4) is 0 Å². The molecule has 0 bridgehead atoms. The van der Waals surface area contributed by atoms with Crippen LogP contribution in [-0.4, -0.2) is 52.5 Å². The van der Waals surface area contributed by atoms with Crippen LogP contribution in [0.5, 0.6) is 0 Å². The number of piperidine rings is 1. The van der Waals surface area contributed by atoms with E-state index in [-0.39, 0.29) is 0 Å². The van der Waals surface area contributed by atoms with Gasteiger partial charge in [-0.05, 0) is 50.1 Å². The molecule has 1 aliphatic heterocycles. The van der Waals surface area contributed by atoms with Gasteiger partial charge in [0.15, 0.2) is 5.82 Å². The maximum atomic E-state index is 4.53. The molecule has 0 saturated carbocycles. The number of tetrazole rings is 1. The van der Waals surface area contributed by atoms with Crippen LogP contribution in [0.3, 0.4) is 0 Å². The Morgan fingerprint density at radius 1 is 1.17 bits per heavy atom.